The average molecular weight is 243 g/mol. The van der Waals surface area contributed by atoms with E-state index in [0.717, 1.165) is 6.04 Å². The molecule has 1 aliphatic carbocycles. The smallest absolute Gasteiger partial charge is 0.00695 e. The third kappa shape index (κ3) is 6.80. The molecule has 0 bridgehead atoms. The first-order valence-corrected chi connectivity index (χ1v) is 8.32. The monoisotopic (exact) mass is 243 g/mol. The summed E-state index contributed by atoms with van der Waals surface area (Å²) in [6.07, 6.45) is 11.4. The fraction of sp³-hybridized carbons (Fsp3) is 1.00. The minimum atomic E-state index is 0.712. The molecule has 16 heavy (non-hydrogen) atoms. The van der Waals surface area contributed by atoms with E-state index in [1.54, 1.807) is 0 Å². The molecule has 96 valence electrons. The summed E-state index contributed by atoms with van der Waals surface area (Å²) >= 11 is 2.07. The molecule has 1 unspecified atom stereocenters. The number of rotatable bonds is 6. The van der Waals surface area contributed by atoms with Crippen LogP contribution in [0.25, 0.3) is 0 Å². The molecule has 0 saturated heterocycles. The van der Waals surface area contributed by atoms with Crippen molar-refractivity contribution in [3.8, 4) is 0 Å². The Bertz CT molecular complexity index is 153. The SMILES string of the molecule is CCSCCC(C)NC1CCCCCCC1. The Labute approximate surface area is 106 Å². The zero-order valence-corrected chi connectivity index (χ0v) is 12.0. The molecular formula is C14H29NS. The van der Waals surface area contributed by atoms with Gasteiger partial charge >= 0.3 is 0 Å². The van der Waals surface area contributed by atoms with E-state index in [1.807, 2.05) is 0 Å². The van der Waals surface area contributed by atoms with E-state index in [0.29, 0.717) is 6.04 Å². The maximum atomic E-state index is 3.83. The second-order valence-electron chi connectivity index (χ2n) is 5.10. The summed E-state index contributed by atoms with van der Waals surface area (Å²) in [5.74, 6) is 2.58. The standard InChI is InChI=1S/C14H29NS/c1-3-16-12-11-13(2)15-14-9-7-5-4-6-8-10-14/h13-15H,3-12H2,1-2H3. The second-order valence-corrected chi connectivity index (χ2v) is 6.49. The van der Waals surface area contributed by atoms with Crippen molar-refractivity contribution in [3.63, 3.8) is 0 Å². The molecule has 0 aliphatic heterocycles. The molecule has 1 rings (SSSR count). The summed E-state index contributed by atoms with van der Waals surface area (Å²) in [5, 5.41) is 3.83. The Morgan fingerprint density at radius 1 is 1.12 bits per heavy atom. The van der Waals surface area contributed by atoms with Crippen LogP contribution in [0.2, 0.25) is 0 Å². The predicted octanol–water partition coefficient (Wildman–Crippen LogP) is 4.22. The van der Waals surface area contributed by atoms with Gasteiger partial charge in [0, 0.05) is 12.1 Å². The van der Waals surface area contributed by atoms with Crippen molar-refractivity contribution in [2.24, 2.45) is 0 Å². The van der Waals surface area contributed by atoms with E-state index in [2.05, 4.69) is 30.9 Å². The summed E-state index contributed by atoms with van der Waals surface area (Å²) in [5.41, 5.74) is 0. The molecule has 1 atom stereocenters. The molecule has 1 nitrogen and oxygen atoms in total. The Hall–Kier alpha value is 0.310. The van der Waals surface area contributed by atoms with Gasteiger partial charge in [-0.3, -0.25) is 0 Å². The molecule has 2 heteroatoms. The Morgan fingerprint density at radius 2 is 1.75 bits per heavy atom. The quantitative estimate of drug-likeness (QED) is 0.701. The number of hydrogen-bond donors (Lipinski definition) is 1. The summed E-state index contributed by atoms with van der Waals surface area (Å²) < 4.78 is 0. The highest BCUT2D eigenvalue weighted by Gasteiger charge is 2.13. The Kier molecular flexibility index (Phi) is 8.40. The van der Waals surface area contributed by atoms with Crippen LogP contribution >= 0.6 is 11.8 Å². The molecule has 1 N–H and O–H groups in total. The van der Waals surface area contributed by atoms with Crippen LogP contribution in [0.15, 0.2) is 0 Å². The normalized spacial score (nSPS) is 21.4. The van der Waals surface area contributed by atoms with Gasteiger partial charge in [0.1, 0.15) is 0 Å². The molecule has 0 heterocycles. The van der Waals surface area contributed by atoms with Crippen molar-refractivity contribution in [1.29, 1.82) is 0 Å². The van der Waals surface area contributed by atoms with Gasteiger partial charge in [-0.1, -0.05) is 39.0 Å². The van der Waals surface area contributed by atoms with E-state index in [4.69, 9.17) is 0 Å². The predicted molar refractivity (Wildman–Crippen MR) is 76.3 cm³/mol. The van der Waals surface area contributed by atoms with Gasteiger partial charge in [0.15, 0.2) is 0 Å². The fourth-order valence-corrected chi connectivity index (χ4v) is 3.32. The molecule has 0 spiro atoms. The van der Waals surface area contributed by atoms with Crippen molar-refractivity contribution in [2.45, 2.75) is 77.3 Å². The first kappa shape index (κ1) is 14.4. The van der Waals surface area contributed by atoms with Gasteiger partial charge in [0.25, 0.3) is 0 Å². The van der Waals surface area contributed by atoms with Crippen molar-refractivity contribution >= 4 is 11.8 Å². The van der Waals surface area contributed by atoms with Crippen LogP contribution in [0, 0.1) is 0 Å². The zero-order valence-electron chi connectivity index (χ0n) is 11.1. The molecule has 1 aliphatic rings. The van der Waals surface area contributed by atoms with Gasteiger partial charge in [-0.25, -0.2) is 0 Å². The lowest BCUT2D eigenvalue weighted by Gasteiger charge is -2.25. The molecule has 0 amide bonds. The summed E-state index contributed by atoms with van der Waals surface area (Å²) in [6.45, 7) is 4.60. The van der Waals surface area contributed by atoms with Gasteiger partial charge in [-0.05, 0) is 37.7 Å². The third-order valence-electron chi connectivity index (χ3n) is 3.52. The van der Waals surface area contributed by atoms with Crippen molar-refractivity contribution in [2.75, 3.05) is 11.5 Å². The minimum Gasteiger partial charge on any atom is -0.311 e. The van der Waals surface area contributed by atoms with Crippen LogP contribution < -0.4 is 5.32 Å². The number of hydrogen-bond acceptors (Lipinski definition) is 2. The highest BCUT2D eigenvalue weighted by atomic mass is 32.2. The van der Waals surface area contributed by atoms with E-state index in [-0.39, 0.29) is 0 Å². The summed E-state index contributed by atoms with van der Waals surface area (Å²) in [6, 6.07) is 1.52. The van der Waals surface area contributed by atoms with Gasteiger partial charge in [0.05, 0.1) is 0 Å². The van der Waals surface area contributed by atoms with Gasteiger partial charge in [0.2, 0.25) is 0 Å². The summed E-state index contributed by atoms with van der Waals surface area (Å²) in [7, 11) is 0. The van der Waals surface area contributed by atoms with Gasteiger partial charge in [-0.2, -0.15) is 11.8 Å². The van der Waals surface area contributed by atoms with Crippen LogP contribution in [-0.2, 0) is 0 Å². The van der Waals surface area contributed by atoms with Crippen LogP contribution in [0.1, 0.15) is 65.2 Å². The molecule has 1 saturated carbocycles. The lowest BCUT2D eigenvalue weighted by atomic mass is 9.96. The Balaban J connectivity index is 2.12. The highest BCUT2D eigenvalue weighted by molar-refractivity contribution is 7.99. The van der Waals surface area contributed by atoms with Gasteiger partial charge in [-0.15, -0.1) is 0 Å². The topological polar surface area (TPSA) is 12.0 Å². The number of nitrogens with one attached hydrogen (secondary N) is 1. The van der Waals surface area contributed by atoms with Crippen molar-refractivity contribution in [1.82, 2.24) is 5.32 Å². The maximum absolute atomic E-state index is 3.83. The summed E-state index contributed by atoms with van der Waals surface area (Å²) in [4.78, 5) is 0. The van der Waals surface area contributed by atoms with Crippen LogP contribution in [-0.4, -0.2) is 23.6 Å². The highest BCUT2D eigenvalue weighted by Crippen LogP contribution is 2.18. The Morgan fingerprint density at radius 3 is 2.38 bits per heavy atom. The lowest BCUT2D eigenvalue weighted by Crippen LogP contribution is -2.37. The molecule has 1 fully saturated rings. The van der Waals surface area contributed by atoms with E-state index in [1.165, 1.54) is 62.9 Å². The van der Waals surface area contributed by atoms with Crippen LogP contribution in [0.3, 0.4) is 0 Å². The second kappa shape index (κ2) is 9.35. The largest absolute Gasteiger partial charge is 0.311 e. The first-order chi connectivity index (χ1) is 7.83. The van der Waals surface area contributed by atoms with Crippen molar-refractivity contribution < 1.29 is 0 Å². The molecule has 0 aromatic heterocycles. The first-order valence-electron chi connectivity index (χ1n) is 7.16. The van der Waals surface area contributed by atoms with Crippen LogP contribution in [0.5, 0.6) is 0 Å². The molecule has 0 radical (unpaired) electrons. The molecule has 0 aromatic rings. The van der Waals surface area contributed by atoms with Crippen LogP contribution in [0.4, 0.5) is 0 Å². The van der Waals surface area contributed by atoms with Gasteiger partial charge < -0.3 is 5.32 Å². The third-order valence-corrected chi connectivity index (χ3v) is 4.46. The zero-order chi connectivity index (χ0) is 11.6. The fourth-order valence-electron chi connectivity index (χ4n) is 2.51. The average Bonchev–Trinajstić information content (AvgIpc) is 2.22. The lowest BCUT2D eigenvalue weighted by molar-refractivity contribution is 0.356. The van der Waals surface area contributed by atoms with E-state index >= 15 is 0 Å². The molecular weight excluding hydrogens is 214 g/mol. The van der Waals surface area contributed by atoms with E-state index in [9.17, 15) is 0 Å². The number of thioether (sulfide) groups is 1. The molecule has 0 aromatic carbocycles. The minimum absolute atomic E-state index is 0.712. The maximum Gasteiger partial charge on any atom is 0.00695 e. The van der Waals surface area contributed by atoms with Crippen molar-refractivity contribution in [3.05, 3.63) is 0 Å². The van der Waals surface area contributed by atoms with E-state index < -0.39 is 0 Å².